The van der Waals surface area contributed by atoms with E-state index in [1.54, 1.807) is 22.9 Å². The number of ether oxygens (including phenoxy) is 1. The molecule has 1 amide bonds. The van der Waals surface area contributed by atoms with Gasteiger partial charge in [-0.15, -0.1) is 0 Å². The number of hydrogen-bond donors (Lipinski definition) is 2. The standard InChI is InChI=1S/C20H21ClN6O2S/c21-16-3-1-15(2-4-16)19-24-25-20(30)27(19)13-18(28)23-12-14-5-6-22-17(11-14)26-7-9-29-10-8-26/h1-6,11H,7-10,12-13H2,(H,23,28)(H,25,30). The summed E-state index contributed by atoms with van der Waals surface area (Å²) in [7, 11) is 0. The Morgan fingerprint density at radius 3 is 2.77 bits per heavy atom. The van der Waals surface area contributed by atoms with Crippen LogP contribution in [0.2, 0.25) is 5.02 Å². The maximum atomic E-state index is 12.6. The molecule has 1 aromatic carbocycles. The number of aromatic amines is 1. The van der Waals surface area contributed by atoms with Crippen LogP contribution in [0.3, 0.4) is 0 Å². The number of hydrogen-bond acceptors (Lipinski definition) is 6. The number of amides is 1. The highest BCUT2D eigenvalue weighted by Gasteiger charge is 2.14. The molecule has 10 heteroatoms. The molecule has 0 unspecified atom stereocenters. The molecule has 4 rings (SSSR count). The lowest BCUT2D eigenvalue weighted by Crippen LogP contribution is -2.36. The summed E-state index contributed by atoms with van der Waals surface area (Å²) in [4.78, 5) is 19.2. The maximum Gasteiger partial charge on any atom is 0.240 e. The molecule has 0 spiro atoms. The first-order chi connectivity index (χ1) is 14.6. The molecule has 0 aliphatic carbocycles. The quantitative estimate of drug-likeness (QED) is 0.568. The van der Waals surface area contributed by atoms with Crippen LogP contribution in [0.15, 0.2) is 42.6 Å². The Labute approximate surface area is 183 Å². The molecular weight excluding hydrogens is 424 g/mol. The highest BCUT2D eigenvalue weighted by atomic mass is 35.5. The molecule has 0 radical (unpaired) electrons. The summed E-state index contributed by atoms with van der Waals surface area (Å²) >= 11 is 11.3. The van der Waals surface area contributed by atoms with Crippen LogP contribution in [0.25, 0.3) is 11.4 Å². The molecule has 1 aliphatic rings. The van der Waals surface area contributed by atoms with Gasteiger partial charge < -0.3 is 15.0 Å². The van der Waals surface area contributed by atoms with Crippen LogP contribution in [0.5, 0.6) is 0 Å². The fraction of sp³-hybridized carbons (Fsp3) is 0.300. The third-order valence-corrected chi connectivity index (χ3v) is 5.36. The summed E-state index contributed by atoms with van der Waals surface area (Å²) < 4.78 is 7.44. The van der Waals surface area contributed by atoms with Crippen LogP contribution >= 0.6 is 23.8 Å². The molecule has 156 valence electrons. The second-order valence-electron chi connectivity index (χ2n) is 6.84. The number of halogens is 1. The van der Waals surface area contributed by atoms with Crippen molar-refractivity contribution in [2.24, 2.45) is 0 Å². The number of anilines is 1. The normalized spacial score (nSPS) is 14.0. The predicted octanol–water partition coefficient (Wildman–Crippen LogP) is 2.81. The zero-order chi connectivity index (χ0) is 20.9. The number of nitrogens with zero attached hydrogens (tertiary/aromatic N) is 4. The monoisotopic (exact) mass is 444 g/mol. The van der Waals surface area contributed by atoms with Crippen molar-refractivity contribution in [1.29, 1.82) is 0 Å². The van der Waals surface area contributed by atoms with E-state index in [0.717, 1.165) is 30.0 Å². The molecule has 0 atom stereocenters. The van der Waals surface area contributed by atoms with E-state index in [-0.39, 0.29) is 12.5 Å². The average molecular weight is 445 g/mol. The van der Waals surface area contributed by atoms with Gasteiger partial charge in [0.15, 0.2) is 10.6 Å². The minimum atomic E-state index is -0.160. The van der Waals surface area contributed by atoms with Crippen LogP contribution in [0.4, 0.5) is 5.82 Å². The van der Waals surface area contributed by atoms with Crippen molar-refractivity contribution in [3.05, 3.63) is 58.0 Å². The lowest BCUT2D eigenvalue weighted by molar-refractivity contribution is -0.121. The summed E-state index contributed by atoms with van der Waals surface area (Å²) in [5.74, 6) is 1.32. The Kier molecular flexibility index (Phi) is 6.41. The largest absolute Gasteiger partial charge is 0.378 e. The zero-order valence-corrected chi connectivity index (χ0v) is 17.7. The number of rotatable bonds is 6. The van der Waals surface area contributed by atoms with Crippen LogP contribution in [-0.4, -0.2) is 52.0 Å². The Bertz CT molecular complexity index is 1080. The van der Waals surface area contributed by atoms with Gasteiger partial charge in [-0.25, -0.2) is 4.98 Å². The molecular formula is C20H21ClN6O2S. The number of morpholine rings is 1. The summed E-state index contributed by atoms with van der Waals surface area (Å²) in [5.41, 5.74) is 1.80. The van der Waals surface area contributed by atoms with Gasteiger partial charge in [-0.3, -0.25) is 14.5 Å². The van der Waals surface area contributed by atoms with Crippen molar-refractivity contribution in [1.82, 2.24) is 25.1 Å². The Balaban J connectivity index is 1.41. The van der Waals surface area contributed by atoms with E-state index in [9.17, 15) is 4.79 Å². The first-order valence-corrected chi connectivity index (χ1v) is 10.3. The second kappa shape index (κ2) is 9.38. The average Bonchev–Trinajstić information content (AvgIpc) is 3.14. The minimum Gasteiger partial charge on any atom is -0.378 e. The summed E-state index contributed by atoms with van der Waals surface area (Å²) in [6.07, 6.45) is 1.76. The highest BCUT2D eigenvalue weighted by Crippen LogP contribution is 2.20. The molecule has 1 saturated heterocycles. The lowest BCUT2D eigenvalue weighted by Gasteiger charge is -2.28. The van der Waals surface area contributed by atoms with Crippen LogP contribution in [-0.2, 0) is 22.6 Å². The van der Waals surface area contributed by atoms with E-state index in [1.165, 1.54) is 0 Å². The van der Waals surface area contributed by atoms with Gasteiger partial charge >= 0.3 is 0 Å². The van der Waals surface area contributed by atoms with Crippen molar-refractivity contribution in [3.63, 3.8) is 0 Å². The van der Waals surface area contributed by atoms with E-state index in [1.807, 2.05) is 24.3 Å². The van der Waals surface area contributed by atoms with Gasteiger partial charge in [-0.2, -0.15) is 5.10 Å². The van der Waals surface area contributed by atoms with E-state index in [4.69, 9.17) is 28.6 Å². The van der Waals surface area contributed by atoms with Gasteiger partial charge in [-0.1, -0.05) is 11.6 Å². The summed E-state index contributed by atoms with van der Waals surface area (Å²) in [6, 6.07) is 11.1. The van der Waals surface area contributed by atoms with Crippen molar-refractivity contribution in [3.8, 4) is 11.4 Å². The molecule has 30 heavy (non-hydrogen) atoms. The Morgan fingerprint density at radius 1 is 1.23 bits per heavy atom. The van der Waals surface area contributed by atoms with Gasteiger partial charge in [-0.05, 0) is 54.2 Å². The number of pyridine rings is 1. The van der Waals surface area contributed by atoms with Gasteiger partial charge in [0.05, 0.1) is 13.2 Å². The number of benzene rings is 1. The molecule has 0 saturated carbocycles. The van der Waals surface area contributed by atoms with Gasteiger partial charge in [0, 0.05) is 36.4 Å². The molecule has 1 aliphatic heterocycles. The topological polar surface area (TPSA) is 88.1 Å². The smallest absolute Gasteiger partial charge is 0.240 e. The van der Waals surface area contributed by atoms with E-state index >= 15 is 0 Å². The number of aromatic nitrogens is 4. The van der Waals surface area contributed by atoms with Gasteiger partial charge in [0.1, 0.15) is 12.4 Å². The van der Waals surface area contributed by atoms with Crippen molar-refractivity contribution < 1.29 is 9.53 Å². The summed E-state index contributed by atoms with van der Waals surface area (Å²) in [5, 5.41) is 10.6. The third-order valence-electron chi connectivity index (χ3n) is 4.80. The zero-order valence-electron chi connectivity index (χ0n) is 16.2. The molecule has 2 aromatic heterocycles. The minimum absolute atomic E-state index is 0.0642. The van der Waals surface area contributed by atoms with Crippen molar-refractivity contribution in [2.75, 3.05) is 31.2 Å². The molecule has 0 bridgehead atoms. The Hall–Kier alpha value is -2.75. The number of nitrogens with one attached hydrogen (secondary N) is 2. The Morgan fingerprint density at radius 2 is 2.00 bits per heavy atom. The van der Waals surface area contributed by atoms with Crippen LogP contribution in [0, 0.1) is 4.77 Å². The fourth-order valence-electron chi connectivity index (χ4n) is 3.22. The molecule has 3 heterocycles. The molecule has 8 nitrogen and oxygen atoms in total. The maximum absolute atomic E-state index is 12.6. The molecule has 3 aromatic rings. The first kappa shape index (κ1) is 20.5. The predicted molar refractivity (Wildman–Crippen MR) is 117 cm³/mol. The number of H-pyrrole nitrogens is 1. The molecule has 1 fully saturated rings. The SMILES string of the molecule is O=C(Cn1c(-c2ccc(Cl)cc2)n[nH]c1=S)NCc1ccnc(N2CCOCC2)c1. The van der Waals surface area contributed by atoms with Crippen LogP contribution < -0.4 is 10.2 Å². The number of carbonyl (C=O) groups excluding carboxylic acids is 1. The highest BCUT2D eigenvalue weighted by molar-refractivity contribution is 7.71. The van der Waals surface area contributed by atoms with E-state index in [0.29, 0.717) is 35.4 Å². The van der Waals surface area contributed by atoms with E-state index < -0.39 is 0 Å². The third kappa shape index (κ3) is 4.86. The number of carbonyl (C=O) groups is 1. The molecule has 2 N–H and O–H groups in total. The fourth-order valence-corrected chi connectivity index (χ4v) is 3.54. The van der Waals surface area contributed by atoms with Crippen molar-refractivity contribution >= 4 is 35.5 Å². The van der Waals surface area contributed by atoms with Gasteiger partial charge in [0.2, 0.25) is 5.91 Å². The lowest BCUT2D eigenvalue weighted by atomic mass is 10.2. The van der Waals surface area contributed by atoms with Gasteiger partial charge in [0.25, 0.3) is 0 Å². The summed E-state index contributed by atoms with van der Waals surface area (Å²) in [6.45, 7) is 3.49. The second-order valence-corrected chi connectivity index (χ2v) is 7.67. The van der Waals surface area contributed by atoms with E-state index in [2.05, 4.69) is 25.4 Å². The van der Waals surface area contributed by atoms with Crippen molar-refractivity contribution in [2.45, 2.75) is 13.1 Å². The van der Waals surface area contributed by atoms with Crippen LogP contribution in [0.1, 0.15) is 5.56 Å². The first-order valence-electron chi connectivity index (χ1n) is 9.55.